The fraction of sp³-hybridized carbons (Fsp3) is 1.00. The van der Waals surface area contributed by atoms with Gasteiger partial charge in [0.2, 0.25) is 0 Å². The number of aliphatic hydroxyl groups is 1. The molecule has 0 amide bonds. The van der Waals surface area contributed by atoms with E-state index in [4.69, 9.17) is 4.74 Å². The lowest BCUT2D eigenvalue weighted by Gasteiger charge is -2.38. The summed E-state index contributed by atoms with van der Waals surface area (Å²) >= 11 is 0. The van der Waals surface area contributed by atoms with Crippen molar-refractivity contribution in [1.29, 1.82) is 0 Å². The zero-order valence-electron chi connectivity index (χ0n) is 6.12. The van der Waals surface area contributed by atoms with Gasteiger partial charge in [-0.1, -0.05) is 6.42 Å². The second kappa shape index (κ2) is 2.51. The van der Waals surface area contributed by atoms with Crippen LogP contribution in [0, 0.1) is 11.8 Å². The molecule has 1 saturated carbocycles. The lowest BCUT2D eigenvalue weighted by Crippen LogP contribution is -2.42. The molecule has 0 spiro atoms. The highest BCUT2D eigenvalue weighted by molar-refractivity contribution is 4.84. The topological polar surface area (TPSA) is 29.5 Å². The maximum Gasteiger partial charge on any atom is 0.0640 e. The van der Waals surface area contributed by atoms with Crippen molar-refractivity contribution >= 4 is 0 Å². The summed E-state index contributed by atoms with van der Waals surface area (Å²) in [4.78, 5) is 0. The predicted molar refractivity (Wildman–Crippen MR) is 37.7 cm³/mol. The van der Waals surface area contributed by atoms with Gasteiger partial charge in [0.1, 0.15) is 0 Å². The molecule has 2 bridgehead atoms. The van der Waals surface area contributed by atoms with Crippen molar-refractivity contribution in [2.75, 3.05) is 13.2 Å². The summed E-state index contributed by atoms with van der Waals surface area (Å²) in [6, 6.07) is 0. The zero-order chi connectivity index (χ0) is 6.97. The van der Waals surface area contributed by atoms with E-state index in [1.807, 2.05) is 0 Å². The molecule has 0 aromatic rings. The Morgan fingerprint density at radius 3 is 2.20 bits per heavy atom. The van der Waals surface area contributed by atoms with E-state index in [1.54, 1.807) is 0 Å². The zero-order valence-corrected chi connectivity index (χ0v) is 6.12. The Kier molecular flexibility index (Phi) is 1.66. The first-order chi connectivity index (χ1) is 4.88. The van der Waals surface area contributed by atoms with E-state index in [1.165, 1.54) is 6.42 Å². The Morgan fingerprint density at radius 1 is 1.10 bits per heavy atom. The Balaban J connectivity index is 2.05. The molecule has 0 aromatic heterocycles. The molecule has 58 valence electrons. The monoisotopic (exact) mass is 142 g/mol. The SMILES string of the molecule is OC1[C@H]2CCC[C@H]1COC2. The molecule has 1 aliphatic heterocycles. The highest BCUT2D eigenvalue weighted by atomic mass is 16.5. The first-order valence-corrected chi connectivity index (χ1v) is 4.14. The minimum atomic E-state index is -0.0532. The van der Waals surface area contributed by atoms with Crippen molar-refractivity contribution in [1.82, 2.24) is 0 Å². The average Bonchev–Trinajstić information content (AvgIpc) is 1.86. The lowest BCUT2D eigenvalue weighted by molar-refractivity contribution is -0.102. The molecule has 1 saturated heterocycles. The molecule has 2 fully saturated rings. The largest absolute Gasteiger partial charge is 0.392 e. The first kappa shape index (κ1) is 6.62. The van der Waals surface area contributed by atoms with Gasteiger partial charge in [-0.25, -0.2) is 0 Å². The molecular formula is C8H14O2. The summed E-state index contributed by atoms with van der Waals surface area (Å²) in [6.07, 6.45) is 3.56. The normalized spacial score (nSPS) is 47.1. The van der Waals surface area contributed by atoms with Crippen LogP contribution in [0.5, 0.6) is 0 Å². The van der Waals surface area contributed by atoms with Gasteiger partial charge in [-0.2, -0.15) is 0 Å². The molecule has 2 atom stereocenters. The number of fused-ring (bicyclic) bond motifs is 2. The molecule has 0 aromatic carbocycles. The number of rotatable bonds is 0. The van der Waals surface area contributed by atoms with Crippen LogP contribution in [0.4, 0.5) is 0 Å². The third-order valence-corrected chi connectivity index (χ3v) is 2.78. The number of hydrogen-bond acceptors (Lipinski definition) is 2. The third-order valence-electron chi connectivity index (χ3n) is 2.78. The quantitative estimate of drug-likeness (QED) is 0.542. The van der Waals surface area contributed by atoms with Crippen LogP contribution in [0.3, 0.4) is 0 Å². The molecule has 2 aliphatic rings. The van der Waals surface area contributed by atoms with E-state index >= 15 is 0 Å². The van der Waals surface area contributed by atoms with Crippen LogP contribution in [0.2, 0.25) is 0 Å². The molecule has 0 unspecified atom stereocenters. The highest BCUT2D eigenvalue weighted by Gasteiger charge is 2.35. The molecule has 1 N–H and O–H groups in total. The van der Waals surface area contributed by atoms with Gasteiger partial charge in [0.05, 0.1) is 19.3 Å². The Labute approximate surface area is 61.2 Å². The van der Waals surface area contributed by atoms with Gasteiger partial charge >= 0.3 is 0 Å². The van der Waals surface area contributed by atoms with Crippen LogP contribution in [0.15, 0.2) is 0 Å². The fourth-order valence-corrected chi connectivity index (χ4v) is 2.10. The molecule has 10 heavy (non-hydrogen) atoms. The maximum absolute atomic E-state index is 9.61. The molecule has 2 heteroatoms. The summed E-state index contributed by atoms with van der Waals surface area (Å²) in [5.74, 6) is 0.903. The van der Waals surface area contributed by atoms with E-state index in [-0.39, 0.29) is 6.10 Å². The number of hydrogen-bond donors (Lipinski definition) is 1. The van der Waals surface area contributed by atoms with Crippen LogP contribution < -0.4 is 0 Å². The van der Waals surface area contributed by atoms with Crippen LogP contribution in [0.25, 0.3) is 0 Å². The minimum Gasteiger partial charge on any atom is -0.392 e. The van der Waals surface area contributed by atoms with Crippen LogP contribution in [0.1, 0.15) is 19.3 Å². The van der Waals surface area contributed by atoms with E-state index in [9.17, 15) is 5.11 Å². The Hall–Kier alpha value is -0.0800. The predicted octanol–water partition coefficient (Wildman–Crippen LogP) is 0.794. The van der Waals surface area contributed by atoms with Crippen molar-refractivity contribution < 1.29 is 9.84 Å². The first-order valence-electron chi connectivity index (χ1n) is 4.14. The van der Waals surface area contributed by atoms with Crippen LogP contribution >= 0.6 is 0 Å². The van der Waals surface area contributed by atoms with Crippen molar-refractivity contribution in [3.05, 3.63) is 0 Å². The van der Waals surface area contributed by atoms with Crippen molar-refractivity contribution in [3.63, 3.8) is 0 Å². The fourth-order valence-electron chi connectivity index (χ4n) is 2.10. The Morgan fingerprint density at radius 2 is 1.70 bits per heavy atom. The second-order valence-corrected chi connectivity index (χ2v) is 3.48. The second-order valence-electron chi connectivity index (χ2n) is 3.48. The van der Waals surface area contributed by atoms with Crippen molar-refractivity contribution in [2.45, 2.75) is 25.4 Å². The summed E-state index contributed by atoms with van der Waals surface area (Å²) in [5.41, 5.74) is 0. The van der Waals surface area contributed by atoms with Crippen LogP contribution in [-0.4, -0.2) is 24.4 Å². The smallest absolute Gasteiger partial charge is 0.0640 e. The maximum atomic E-state index is 9.61. The average molecular weight is 142 g/mol. The number of aliphatic hydroxyl groups excluding tert-OH is 1. The van der Waals surface area contributed by atoms with E-state index < -0.39 is 0 Å². The van der Waals surface area contributed by atoms with Gasteiger partial charge in [-0.15, -0.1) is 0 Å². The van der Waals surface area contributed by atoms with E-state index in [2.05, 4.69) is 0 Å². The van der Waals surface area contributed by atoms with Gasteiger partial charge in [-0.3, -0.25) is 0 Å². The van der Waals surface area contributed by atoms with Gasteiger partial charge in [0, 0.05) is 11.8 Å². The van der Waals surface area contributed by atoms with Crippen molar-refractivity contribution in [3.8, 4) is 0 Å². The lowest BCUT2D eigenvalue weighted by atomic mass is 9.78. The minimum absolute atomic E-state index is 0.0532. The standard InChI is InChI=1S/C8H14O2/c9-8-6-2-1-3-7(8)5-10-4-6/h6-9H,1-5H2/t6-,7-/m0/s1. The number of ether oxygens (including phenoxy) is 1. The molecular weight excluding hydrogens is 128 g/mol. The molecule has 1 aliphatic carbocycles. The summed E-state index contributed by atoms with van der Waals surface area (Å²) in [5, 5.41) is 9.61. The van der Waals surface area contributed by atoms with Gasteiger partial charge in [0.25, 0.3) is 0 Å². The third kappa shape index (κ3) is 0.956. The summed E-state index contributed by atoms with van der Waals surface area (Å²) < 4.78 is 5.35. The summed E-state index contributed by atoms with van der Waals surface area (Å²) in [7, 11) is 0. The van der Waals surface area contributed by atoms with Crippen molar-refractivity contribution in [2.24, 2.45) is 11.8 Å². The molecule has 2 rings (SSSR count). The Bertz CT molecular complexity index is 102. The molecule has 0 radical (unpaired) electrons. The van der Waals surface area contributed by atoms with Gasteiger partial charge < -0.3 is 9.84 Å². The molecule has 2 nitrogen and oxygen atoms in total. The van der Waals surface area contributed by atoms with E-state index in [0.717, 1.165) is 26.1 Å². The molecule has 1 heterocycles. The highest BCUT2D eigenvalue weighted by Crippen LogP contribution is 2.33. The van der Waals surface area contributed by atoms with E-state index in [0.29, 0.717) is 11.8 Å². The summed E-state index contributed by atoms with van der Waals surface area (Å²) in [6.45, 7) is 1.58. The van der Waals surface area contributed by atoms with Gasteiger partial charge in [0.15, 0.2) is 0 Å². The van der Waals surface area contributed by atoms with Crippen LogP contribution in [-0.2, 0) is 4.74 Å². The van der Waals surface area contributed by atoms with Gasteiger partial charge in [-0.05, 0) is 12.8 Å².